The number of nitrogens with one attached hydrogen (secondary N) is 1. The van der Waals surface area contributed by atoms with Gasteiger partial charge in [-0.3, -0.25) is 0 Å². The Hall–Kier alpha value is -0.570. The van der Waals surface area contributed by atoms with E-state index in [0.29, 0.717) is 12.8 Å². The third-order valence-electron chi connectivity index (χ3n) is 2.69. The number of hydrogen-bond donors (Lipinski definition) is 2. The highest BCUT2D eigenvalue weighted by Gasteiger charge is 2.21. The molecule has 2 N–H and O–H groups in total. The van der Waals surface area contributed by atoms with Crippen LogP contribution in [0.2, 0.25) is 5.02 Å². The van der Waals surface area contributed by atoms with Gasteiger partial charge < -0.3 is 10.4 Å². The molecule has 0 spiro atoms. The Labute approximate surface area is 103 Å². The topological polar surface area (TPSA) is 32.3 Å². The highest BCUT2D eigenvalue weighted by atomic mass is 35.5. The predicted octanol–water partition coefficient (Wildman–Crippen LogP) is 2.55. The lowest BCUT2D eigenvalue weighted by atomic mass is 9.93. The molecule has 0 saturated heterocycles. The molecule has 2 nitrogen and oxygen atoms in total. The van der Waals surface area contributed by atoms with Crippen molar-refractivity contribution in [3.63, 3.8) is 0 Å². The second-order valence-corrected chi connectivity index (χ2v) is 5.03. The number of hydrogen-bond acceptors (Lipinski definition) is 2. The zero-order chi connectivity index (χ0) is 12.2. The van der Waals surface area contributed by atoms with Crippen LogP contribution in [0.5, 0.6) is 0 Å². The molecule has 0 aliphatic rings. The van der Waals surface area contributed by atoms with E-state index in [1.165, 1.54) is 0 Å². The molecular formula is C13H20ClNO. The molecule has 0 saturated carbocycles. The minimum Gasteiger partial charge on any atom is -0.390 e. The van der Waals surface area contributed by atoms with E-state index in [9.17, 15) is 5.11 Å². The third kappa shape index (κ3) is 4.12. The first-order chi connectivity index (χ1) is 7.44. The van der Waals surface area contributed by atoms with Crippen LogP contribution in [0.4, 0.5) is 0 Å². The first-order valence-corrected chi connectivity index (χ1v) is 5.94. The van der Waals surface area contributed by atoms with Gasteiger partial charge in [0.25, 0.3) is 0 Å². The second kappa shape index (κ2) is 5.67. The molecule has 1 aromatic carbocycles. The lowest BCUT2D eigenvalue weighted by Gasteiger charge is -2.23. The SMILES string of the molecule is CNCCC(C)(O)Cc1ccc(C)cc1Cl. The van der Waals surface area contributed by atoms with Gasteiger partial charge in [-0.15, -0.1) is 0 Å². The zero-order valence-electron chi connectivity index (χ0n) is 10.2. The molecule has 3 heteroatoms. The van der Waals surface area contributed by atoms with Crippen LogP contribution in [0.3, 0.4) is 0 Å². The molecule has 0 aromatic heterocycles. The summed E-state index contributed by atoms with van der Waals surface area (Å²) in [4.78, 5) is 0. The van der Waals surface area contributed by atoms with E-state index in [-0.39, 0.29) is 0 Å². The number of aliphatic hydroxyl groups is 1. The lowest BCUT2D eigenvalue weighted by molar-refractivity contribution is 0.0520. The minimum absolute atomic E-state index is 0.591. The molecule has 90 valence electrons. The Morgan fingerprint density at radius 1 is 1.44 bits per heavy atom. The molecule has 1 atom stereocenters. The van der Waals surface area contributed by atoms with E-state index >= 15 is 0 Å². The van der Waals surface area contributed by atoms with Crippen molar-refractivity contribution in [1.82, 2.24) is 5.32 Å². The number of halogens is 1. The number of benzene rings is 1. The van der Waals surface area contributed by atoms with Gasteiger partial charge in [0, 0.05) is 11.4 Å². The summed E-state index contributed by atoms with van der Waals surface area (Å²) in [7, 11) is 1.88. The van der Waals surface area contributed by atoms with Gasteiger partial charge in [-0.05, 0) is 51.1 Å². The smallest absolute Gasteiger partial charge is 0.0672 e. The Morgan fingerprint density at radius 3 is 2.69 bits per heavy atom. The van der Waals surface area contributed by atoms with Crippen molar-refractivity contribution in [3.05, 3.63) is 34.3 Å². The predicted molar refractivity (Wildman–Crippen MR) is 69.1 cm³/mol. The van der Waals surface area contributed by atoms with Gasteiger partial charge in [0.1, 0.15) is 0 Å². The highest BCUT2D eigenvalue weighted by Crippen LogP contribution is 2.23. The first kappa shape index (κ1) is 13.5. The maximum atomic E-state index is 10.2. The third-order valence-corrected chi connectivity index (χ3v) is 3.05. The van der Waals surface area contributed by atoms with Crippen molar-refractivity contribution in [2.75, 3.05) is 13.6 Å². The van der Waals surface area contributed by atoms with Crippen molar-refractivity contribution in [2.45, 2.75) is 32.3 Å². The molecule has 0 amide bonds. The molecule has 0 radical (unpaired) electrons. The fourth-order valence-electron chi connectivity index (χ4n) is 1.69. The Morgan fingerprint density at radius 2 is 2.12 bits per heavy atom. The van der Waals surface area contributed by atoms with Crippen LogP contribution < -0.4 is 5.32 Å². The van der Waals surface area contributed by atoms with Crippen LogP contribution in [0.1, 0.15) is 24.5 Å². The van der Waals surface area contributed by atoms with Gasteiger partial charge in [-0.1, -0.05) is 23.7 Å². The summed E-state index contributed by atoms with van der Waals surface area (Å²) >= 11 is 6.14. The summed E-state index contributed by atoms with van der Waals surface area (Å²) in [5.74, 6) is 0. The van der Waals surface area contributed by atoms with Gasteiger partial charge in [0.05, 0.1) is 5.60 Å². The summed E-state index contributed by atoms with van der Waals surface area (Å²) < 4.78 is 0. The number of aryl methyl sites for hydroxylation is 1. The maximum absolute atomic E-state index is 10.2. The van der Waals surface area contributed by atoms with Crippen LogP contribution >= 0.6 is 11.6 Å². The van der Waals surface area contributed by atoms with Crippen molar-refractivity contribution in [3.8, 4) is 0 Å². The molecule has 0 bridgehead atoms. The summed E-state index contributed by atoms with van der Waals surface area (Å²) in [6.07, 6.45) is 1.31. The van der Waals surface area contributed by atoms with Crippen molar-refractivity contribution < 1.29 is 5.11 Å². The average molecular weight is 242 g/mol. The maximum Gasteiger partial charge on any atom is 0.0672 e. The van der Waals surface area contributed by atoms with E-state index in [4.69, 9.17) is 11.6 Å². The normalized spacial score (nSPS) is 14.8. The highest BCUT2D eigenvalue weighted by molar-refractivity contribution is 6.31. The summed E-state index contributed by atoms with van der Waals surface area (Å²) in [5.41, 5.74) is 1.44. The Kier molecular flexibility index (Phi) is 4.78. The second-order valence-electron chi connectivity index (χ2n) is 4.62. The molecule has 16 heavy (non-hydrogen) atoms. The van der Waals surface area contributed by atoms with E-state index in [1.807, 2.05) is 39.1 Å². The molecule has 1 aromatic rings. The van der Waals surface area contributed by atoms with Crippen molar-refractivity contribution >= 4 is 11.6 Å². The minimum atomic E-state index is -0.706. The van der Waals surface area contributed by atoms with Crippen LogP contribution in [-0.2, 0) is 6.42 Å². The molecule has 0 heterocycles. The molecular weight excluding hydrogens is 222 g/mol. The van der Waals surface area contributed by atoms with E-state index < -0.39 is 5.60 Å². The van der Waals surface area contributed by atoms with Crippen LogP contribution in [0.15, 0.2) is 18.2 Å². The fourth-order valence-corrected chi connectivity index (χ4v) is 1.99. The van der Waals surface area contributed by atoms with Gasteiger partial charge in [-0.2, -0.15) is 0 Å². The molecule has 0 aliphatic heterocycles. The van der Waals surface area contributed by atoms with E-state index in [0.717, 1.165) is 22.7 Å². The summed E-state index contributed by atoms with van der Waals surface area (Å²) in [6.45, 7) is 4.66. The van der Waals surface area contributed by atoms with Gasteiger partial charge >= 0.3 is 0 Å². The Bertz CT molecular complexity index is 350. The lowest BCUT2D eigenvalue weighted by Crippen LogP contribution is -2.31. The standard InChI is InChI=1S/C13H20ClNO/c1-10-4-5-11(12(14)8-10)9-13(2,16)6-7-15-3/h4-5,8,15-16H,6-7,9H2,1-3H3. The first-order valence-electron chi connectivity index (χ1n) is 5.56. The fraction of sp³-hybridized carbons (Fsp3) is 0.538. The molecule has 1 rings (SSSR count). The van der Waals surface area contributed by atoms with Gasteiger partial charge in [0.15, 0.2) is 0 Å². The van der Waals surface area contributed by atoms with Crippen molar-refractivity contribution in [1.29, 1.82) is 0 Å². The average Bonchev–Trinajstić information content (AvgIpc) is 2.19. The molecule has 1 unspecified atom stereocenters. The zero-order valence-corrected chi connectivity index (χ0v) is 10.9. The quantitative estimate of drug-likeness (QED) is 0.831. The van der Waals surface area contributed by atoms with E-state index in [2.05, 4.69) is 5.32 Å². The molecule has 0 aliphatic carbocycles. The Balaban J connectivity index is 2.71. The number of rotatable bonds is 5. The van der Waals surface area contributed by atoms with Crippen molar-refractivity contribution in [2.24, 2.45) is 0 Å². The van der Waals surface area contributed by atoms with Gasteiger partial charge in [-0.25, -0.2) is 0 Å². The van der Waals surface area contributed by atoms with Crippen LogP contribution in [-0.4, -0.2) is 24.3 Å². The van der Waals surface area contributed by atoms with Crippen LogP contribution in [0.25, 0.3) is 0 Å². The van der Waals surface area contributed by atoms with Crippen LogP contribution in [0, 0.1) is 6.92 Å². The largest absolute Gasteiger partial charge is 0.390 e. The summed E-state index contributed by atoms with van der Waals surface area (Å²) in [5, 5.41) is 14.0. The monoisotopic (exact) mass is 241 g/mol. The van der Waals surface area contributed by atoms with E-state index in [1.54, 1.807) is 0 Å². The molecule has 0 fully saturated rings. The van der Waals surface area contributed by atoms with Gasteiger partial charge in [0.2, 0.25) is 0 Å². The summed E-state index contributed by atoms with van der Waals surface area (Å²) in [6, 6.07) is 5.95.